The molecule has 1 N–H and O–H groups in total. The van der Waals surface area contributed by atoms with Crippen molar-refractivity contribution >= 4 is 5.97 Å². The van der Waals surface area contributed by atoms with Gasteiger partial charge in [0.1, 0.15) is 11.9 Å². The van der Waals surface area contributed by atoms with E-state index in [0.717, 1.165) is 5.56 Å². The van der Waals surface area contributed by atoms with Gasteiger partial charge in [0, 0.05) is 11.8 Å². The lowest BCUT2D eigenvalue weighted by Crippen LogP contribution is -2.02. The molecule has 0 amide bonds. The molecule has 1 heterocycles. The molecular weight excluding hydrogens is 192 g/mol. The number of hydrogen-bond acceptors (Lipinski definition) is 3. The van der Waals surface area contributed by atoms with Crippen LogP contribution >= 0.6 is 0 Å². The molecule has 0 saturated carbocycles. The van der Waals surface area contributed by atoms with Crippen LogP contribution in [-0.4, -0.2) is 21.0 Å². The van der Waals surface area contributed by atoms with Crippen molar-refractivity contribution in [3.8, 4) is 11.3 Å². The SMILES string of the molecule is O=C(O)c1cncnc1-c1ccccc1. The minimum atomic E-state index is -1.02. The van der Waals surface area contributed by atoms with Crippen molar-refractivity contribution in [1.29, 1.82) is 0 Å². The minimum absolute atomic E-state index is 0.115. The van der Waals surface area contributed by atoms with E-state index >= 15 is 0 Å². The summed E-state index contributed by atoms with van der Waals surface area (Å²) in [6.45, 7) is 0. The van der Waals surface area contributed by atoms with Crippen LogP contribution in [0.3, 0.4) is 0 Å². The molecular formula is C11H8N2O2. The minimum Gasteiger partial charge on any atom is -0.478 e. The third-order valence-corrected chi connectivity index (χ3v) is 1.99. The first-order valence-electron chi connectivity index (χ1n) is 4.38. The van der Waals surface area contributed by atoms with E-state index in [9.17, 15) is 4.79 Å². The topological polar surface area (TPSA) is 63.1 Å². The van der Waals surface area contributed by atoms with Crippen molar-refractivity contribution in [2.45, 2.75) is 0 Å². The van der Waals surface area contributed by atoms with Gasteiger partial charge in [-0.2, -0.15) is 0 Å². The Bertz CT molecular complexity index is 483. The average Bonchev–Trinajstić information content (AvgIpc) is 2.30. The first-order valence-corrected chi connectivity index (χ1v) is 4.38. The zero-order chi connectivity index (χ0) is 10.7. The second-order valence-electron chi connectivity index (χ2n) is 2.96. The van der Waals surface area contributed by atoms with Crippen molar-refractivity contribution in [2.24, 2.45) is 0 Å². The van der Waals surface area contributed by atoms with Crippen LogP contribution < -0.4 is 0 Å². The average molecular weight is 200 g/mol. The molecule has 0 unspecified atom stereocenters. The molecule has 0 aliphatic rings. The highest BCUT2D eigenvalue weighted by atomic mass is 16.4. The Hall–Kier alpha value is -2.23. The fourth-order valence-corrected chi connectivity index (χ4v) is 1.31. The zero-order valence-corrected chi connectivity index (χ0v) is 7.79. The van der Waals surface area contributed by atoms with E-state index in [-0.39, 0.29) is 5.56 Å². The summed E-state index contributed by atoms with van der Waals surface area (Å²) in [7, 11) is 0. The molecule has 2 rings (SSSR count). The van der Waals surface area contributed by atoms with Gasteiger partial charge >= 0.3 is 5.97 Å². The maximum absolute atomic E-state index is 10.9. The van der Waals surface area contributed by atoms with E-state index in [0.29, 0.717) is 5.69 Å². The molecule has 74 valence electrons. The Morgan fingerprint density at radius 3 is 2.60 bits per heavy atom. The predicted octanol–water partition coefficient (Wildman–Crippen LogP) is 1.84. The summed E-state index contributed by atoms with van der Waals surface area (Å²) >= 11 is 0. The number of benzene rings is 1. The molecule has 0 fully saturated rings. The molecule has 0 saturated heterocycles. The Balaban J connectivity index is 2.58. The van der Waals surface area contributed by atoms with Crippen molar-refractivity contribution < 1.29 is 9.90 Å². The zero-order valence-electron chi connectivity index (χ0n) is 7.79. The van der Waals surface area contributed by atoms with E-state index in [1.165, 1.54) is 12.5 Å². The van der Waals surface area contributed by atoms with Crippen LogP contribution in [0.1, 0.15) is 10.4 Å². The van der Waals surface area contributed by atoms with Gasteiger partial charge in [-0.15, -0.1) is 0 Å². The second-order valence-corrected chi connectivity index (χ2v) is 2.96. The lowest BCUT2D eigenvalue weighted by Gasteiger charge is -2.03. The predicted molar refractivity (Wildman–Crippen MR) is 54.4 cm³/mol. The number of carboxylic acid groups (broad SMARTS) is 1. The smallest absolute Gasteiger partial charge is 0.339 e. The Morgan fingerprint density at radius 2 is 1.93 bits per heavy atom. The fraction of sp³-hybridized carbons (Fsp3) is 0. The quantitative estimate of drug-likeness (QED) is 0.803. The molecule has 4 nitrogen and oxygen atoms in total. The normalized spacial score (nSPS) is 9.87. The van der Waals surface area contributed by atoms with Gasteiger partial charge in [0.2, 0.25) is 0 Å². The van der Waals surface area contributed by atoms with Gasteiger partial charge in [0.25, 0.3) is 0 Å². The third-order valence-electron chi connectivity index (χ3n) is 1.99. The van der Waals surface area contributed by atoms with E-state index in [2.05, 4.69) is 9.97 Å². The van der Waals surface area contributed by atoms with Crippen LogP contribution in [0.2, 0.25) is 0 Å². The lowest BCUT2D eigenvalue weighted by atomic mass is 10.1. The first-order chi connectivity index (χ1) is 7.29. The van der Waals surface area contributed by atoms with Crippen LogP contribution in [0.25, 0.3) is 11.3 Å². The number of carboxylic acids is 1. The molecule has 15 heavy (non-hydrogen) atoms. The Kier molecular flexibility index (Phi) is 2.41. The summed E-state index contributed by atoms with van der Waals surface area (Å²) in [5.41, 5.74) is 1.33. The Morgan fingerprint density at radius 1 is 1.20 bits per heavy atom. The molecule has 0 aliphatic carbocycles. The number of rotatable bonds is 2. The van der Waals surface area contributed by atoms with Crippen LogP contribution in [0.15, 0.2) is 42.9 Å². The van der Waals surface area contributed by atoms with Gasteiger partial charge in [-0.25, -0.2) is 14.8 Å². The highest BCUT2D eigenvalue weighted by Crippen LogP contribution is 2.19. The van der Waals surface area contributed by atoms with Crippen LogP contribution in [0.4, 0.5) is 0 Å². The lowest BCUT2D eigenvalue weighted by molar-refractivity contribution is 0.0697. The Labute approximate surface area is 86.2 Å². The van der Waals surface area contributed by atoms with Gasteiger partial charge in [-0.1, -0.05) is 30.3 Å². The van der Waals surface area contributed by atoms with Crippen LogP contribution in [0, 0.1) is 0 Å². The summed E-state index contributed by atoms with van der Waals surface area (Å²) in [6.07, 6.45) is 2.65. The molecule has 1 aromatic carbocycles. The van der Waals surface area contributed by atoms with E-state index in [1.807, 2.05) is 30.3 Å². The molecule has 0 aliphatic heterocycles. The molecule has 4 heteroatoms. The summed E-state index contributed by atoms with van der Waals surface area (Å²) in [6, 6.07) is 9.17. The molecule has 0 spiro atoms. The summed E-state index contributed by atoms with van der Waals surface area (Å²) < 4.78 is 0. The monoisotopic (exact) mass is 200 g/mol. The molecule has 0 bridgehead atoms. The number of nitrogens with zero attached hydrogens (tertiary/aromatic N) is 2. The third kappa shape index (κ3) is 1.83. The molecule has 0 radical (unpaired) electrons. The number of aromatic carboxylic acids is 1. The summed E-state index contributed by atoms with van der Waals surface area (Å²) in [4.78, 5) is 18.6. The van der Waals surface area contributed by atoms with Crippen molar-refractivity contribution in [2.75, 3.05) is 0 Å². The summed E-state index contributed by atoms with van der Waals surface area (Å²) in [5, 5.41) is 8.95. The van der Waals surface area contributed by atoms with Gasteiger partial charge in [-0.05, 0) is 0 Å². The van der Waals surface area contributed by atoms with E-state index in [4.69, 9.17) is 5.11 Å². The first kappa shape index (κ1) is 9.33. The maximum atomic E-state index is 10.9. The number of carbonyl (C=O) groups is 1. The molecule has 2 aromatic rings. The highest BCUT2D eigenvalue weighted by molar-refractivity contribution is 5.94. The van der Waals surface area contributed by atoms with Crippen LogP contribution in [0.5, 0.6) is 0 Å². The molecule has 0 atom stereocenters. The van der Waals surface area contributed by atoms with Gasteiger partial charge < -0.3 is 5.11 Å². The number of hydrogen-bond donors (Lipinski definition) is 1. The van der Waals surface area contributed by atoms with Gasteiger partial charge in [0.15, 0.2) is 0 Å². The fourth-order valence-electron chi connectivity index (χ4n) is 1.31. The van der Waals surface area contributed by atoms with Crippen molar-refractivity contribution in [1.82, 2.24) is 9.97 Å². The van der Waals surface area contributed by atoms with Crippen LogP contribution in [-0.2, 0) is 0 Å². The van der Waals surface area contributed by atoms with Crippen molar-refractivity contribution in [3.05, 3.63) is 48.4 Å². The van der Waals surface area contributed by atoms with Gasteiger partial charge in [0.05, 0.1) is 5.69 Å². The van der Waals surface area contributed by atoms with Gasteiger partial charge in [-0.3, -0.25) is 0 Å². The highest BCUT2D eigenvalue weighted by Gasteiger charge is 2.12. The molecule has 1 aromatic heterocycles. The van der Waals surface area contributed by atoms with E-state index < -0.39 is 5.97 Å². The number of aromatic nitrogens is 2. The second kappa shape index (κ2) is 3.88. The summed E-state index contributed by atoms with van der Waals surface area (Å²) in [5.74, 6) is -1.02. The van der Waals surface area contributed by atoms with Crippen molar-refractivity contribution in [3.63, 3.8) is 0 Å². The largest absolute Gasteiger partial charge is 0.478 e. The maximum Gasteiger partial charge on any atom is 0.339 e. The standard InChI is InChI=1S/C11H8N2O2/c14-11(15)9-6-12-7-13-10(9)8-4-2-1-3-5-8/h1-7H,(H,14,15). The van der Waals surface area contributed by atoms with E-state index in [1.54, 1.807) is 0 Å².